The Labute approximate surface area is 118 Å². The molecule has 2 aliphatic heterocycles. The molecule has 1 spiro atoms. The Morgan fingerprint density at radius 2 is 2.25 bits per heavy atom. The SMILES string of the molecule is Cc1cc(C#N)cc(OC2COC3(CCNCC3)C2)n1. The van der Waals surface area contributed by atoms with Crippen LogP contribution in [0, 0.1) is 18.3 Å². The quantitative estimate of drug-likeness (QED) is 0.885. The maximum absolute atomic E-state index is 8.98. The molecule has 5 nitrogen and oxygen atoms in total. The van der Waals surface area contributed by atoms with Gasteiger partial charge in [0.1, 0.15) is 6.10 Å². The van der Waals surface area contributed by atoms with Crippen molar-refractivity contribution in [1.82, 2.24) is 10.3 Å². The lowest BCUT2D eigenvalue weighted by atomic mass is 9.89. The first-order chi connectivity index (χ1) is 9.69. The van der Waals surface area contributed by atoms with Crippen molar-refractivity contribution in [2.45, 2.75) is 37.9 Å². The molecule has 1 atom stereocenters. The zero-order chi connectivity index (χ0) is 14.0. The number of aryl methyl sites for hydroxylation is 1. The van der Waals surface area contributed by atoms with E-state index in [1.54, 1.807) is 12.1 Å². The molecule has 3 heterocycles. The second kappa shape index (κ2) is 5.39. The Bertz CT molecular complexity index is 532. The number of nitrogens with zero attached hydrogens (tertiary/aromatic N) is 2. The van der Waals surface area contributed by atoms with Crippen LogP contribution in [0.2, 0.25) is 0 Å². The Hall–Kier alpha value is -1.64. The Balaban J connectivity index is 1.67. The molecule has 0 aliphatic carbocycles. The summed E-state index contributed by atoms with van der Waals surface area (Å²) in [5.74, 6) is 0.529. The maximum Gasteiger partial charge on any atom is 0.215 e. The van der Waals surface area contributed by atoms with E-state index in [4.69, 9.17) is 14.7 Å². The first-order valence-corrected chi connectivity index (χ1v) is 7.09. The first kappa shape index (κ1) is 13.3. The number of nitrogens with one attached hydrogen (secondary N) is 1. The zero-order valence-corrected chi connectivity index (χ0v) is 11.7. The summed E-state index contributed by atoms with van der Waals surface area (Å²) in [6.07, 6.45) is 3.02. The van der Waals surface area contributed by atoms with Crippen LogP contribution in [0.15, 0.2) is 12.1 Å². The topological polar surface area (TPSA) is 67.2 Å². The molecule has 2 aliphatic rings. The molecule has 2 fully saturated rings. The number of rotatable bonds is 2. The summed E-state index contributed by atoms with van der Waals surface area (Å²) < 4.78 is 11.9. The Morgan fingerprint density at radius 3 is 3.00 bits per heavy atom. The maximum atomic E-state index is 8.98. The molecule has 5 heteroatoms. The van der Waals surface area contributed by atoms with Crippen LogP contribution in [0.3, 0.4) is 0 Å². The van der Waals surface area contributed by atoms with Crippen LogP contribution in [0.1, 0.15) is 30.5 Å². The third-order valence-electron chi connectivity index (χ3n) is 4.04. The lowest BCUT2D eigenvalue weighted by Gasteiger charge is -2.32. The molecule has 1 aromatic rings. The van der Waals surface area contributed by atoms with E-state index in [1.807, 2.05) is 6.92 Å². The summed E-state index contributed by atoms with van der Waals surface area (Å²) in [4.78, 5) is 4.34. The molecule has 0 bridgehead atoms. The number of ether oxygens (including phenoxy) is 2. The molecule has 1 unspecified atom stereocenters. The van der Waals surface area contributed by atoms with Gasteiger partial charge in [0.05, 0.1) is 23.8 Å². The molecule has 2 saturated heterocycles. The van der Waals surface area contributed by atoms with Crippen molar-refractivity contribution in [2.75, 3.05) is 19.7 Å². The molecule has 20 heavy (non-hydrogen) atoms. The Kier molecular flexibility index (Phi) is 3.60. The van der Waals surface area contributed by atoms with Gasteiger partial charge in [-0.2, -0.15) is 5.26 Å². The van der Waals surface area contributed by atoms with E-state index < -0.39 is 0 Å². The number of hydrogen-bond donors (Lipinski definition) is 1. The van der Waals surface area contributed by atoms with E-state index in [-0.39, 0.29) is 11.7 Å². The average molecular weight is 273 g/mol. The van der Waals surface area contributed by atoms with E-state index in [1.165, 1.54) is 0 Å². The lowest BCUT2D eigenvalue weighted by molar-refractivity contribution is -0.0205. The van der Waals surface area contributed by atoms with E-state index in [0.717, 1.165) is 38.0 Å². The van der Waals surface area contributed by atoms with Crippen LogP contribution >= 0.6 is 0 Å². The van der Waals surface area contributed by atoms with Crippen molar-refractivity contribution < 1.29 is 9.47 Å². The fourth-order valence-electron chi connectivity index (χ4n) is 3.04. The highest BCUT2D eigenvalue weighted by Crippen LogP contribution is 2.35. The lowest BCUT2D eigenvalue weighted by Crippen LogP contribution is -2.41. The normalized spacial score (nSPS) is 24.5. The predicted molar refractivity (Wildman–Crippen MR) is 73.5 cm³/mol. The summed E-state index contributed by atoms with van der Waals surface area (Å²) in [7, 11) is 0. The smallest absolute Gasteiger partial charge is 0.215 e. The average Bonchev–Trinajstić information content (AvgIpc) is 2.81. The van der Waals surface area contributed by atoms with Gasteiger partial charge in [0.2, 0.25) is 5.88 Å². The van der Waals surface area contributed by atoms with Crippen molar-refractivity contribution in [3.05, 3.63) is 23.4 Å². The van der Waals surface area contributed by atoms with Crippen molar-refractivity contribution in [3.63, 3.8) is 0 Å². The molecular weight excluding hydrogens is 254 g/mol. The van der Waals surface area contributed by atoms with Crippen LogP contribution in [0.5, 0.6) is 5.88 Å². The standard InChI is InChI=1S/C15H19N3O2/c1-11-6-12(9-16)7-14(18-11)20-13-8-15(19-10-13)2-4-17-5-3-15/h6-7,13,17H,2-5,8,10H2,1H3. The molecule has 1 aromatic heterocycles. The van der Waals surface area contributed by atoms with E-state index in [0.29, 0.717) is 18.1 Å². The van der Waals surface area contributed by atoms with Gasteiger partial charge >= 0.3 is 0 Å². The largest absolute Gasteiger partial charge is 0.472 e. The number of piperidine rings is 1. The molecule has 1 N–H and O–H groups in total. The van der Waals surface area contributed by atoms with Crippen LogP contribution in [-0.4, -0.2) is 36.4 Å². The highest BCUT2D eigenvalue weighted by Gasteiger charge is 2.42. The van der Waals surface area contributed by atoms with Gasteiger partial charge in [-0.3, -0.25) is 0 Å². The van der Waals surface area contributed by atoms with Gasteiger partial charge in [0.25, 0.3) is 0 Å². The monoisotopic (exact) mass is 273 g/mol. The van der Waals surface area contributed by atoms with Gasteiger partial charge in [-0.15, -0.1) is 0 Å². The molecule has 0 amide bonds. The molecule has 0 radical (unpaired) electrons. The van der Waals surface area contributed by atoms with Gasteiger partial charge in [-0.05, 0) is 38.9 Å². The minimum absolute atomic E-state index is 0.0161. The summed E-state index contributed by atoms with van der Waals surface area (Å²) in [5, 5.41) is 12.3. The van der Waals surface area contributed by atoms with E-state index in [9.17, 15) is 0 Å². The van der Waals surface area contributed by atoms with Gasteiger partial charge < -0.3 is 14.8 Å². The summed E-state index contributed by atoms with van der Waals surface area (Å²) >= 11 is 0. The van der Waals surface area contributed by atoms with Gasteiger partial charge in [0, 0.05) is 18.2 Å². The number of aromatic nitrogens is 1. The fraction of sp³-hybridized carbons (Fsp3) is 0.600. The third kappa shape index (κ3) is 2.77. The molecule has 0 aromatic carbocycles. The molecular formula is C15H19N3O2. The van der Waals surface area contributed by atoms with Gasteiger partial charge in [0.15, 0.2) is 0 Å². The van der Waals surface area contributed by atoms with Gasteiger partial charge in [-0.1, -0.05) is 0 Å². The zero-order valence-electron chi connectivity index (χ0n) is 11.7. The summed E-state index contributed by atoms with van der Waals surface area (Å²) in [5.41, 5.74) is 1.37. The van der Waals surface area contributed by atoms with E-state index >= 15 is 0 Å². The summed E-state index contributed by atoms with van der Waals surface area (Å²) in [6.45, 7) is 4.49. The first-order valence-electron chi connectivity index (χ1n) is 7.09. The second-order valence-electron chi connectivity index (χ2n) is 5.64. The summed E-state index contributed by atoms with van der Waals surface area (Å²) in [6, 6.07) is 5.58. The molecule has 0 saturated carbocycles. The van der Waals surface area contributed by atoms with Crippen LogP contribution in [-0.2, 0) is 4.74 Å². The number of hydrogen-bond acceptors (Lipinski definition) is 5. The van der Waals surface area contributed by atoms with Crippen molar-refractivity contribution in [2.24, 2.45) is 0 Å². The minimum atomic E-state index is -0.0161. The van der Waals surface area contributed by atoms with Crippen LogP contribution in [0.4, 0.5) is 0 Å². The number of nitriles is 1. The van der Waals surface area contributed by atoms with Crippen LogP contribution < -0.4 is 10.1 Å². The predicted octanol–water partition coefficient (Wildman–Crippen LogP) is 1.55. The highest BCUT2D eigenvalue weighted by atomic mass is 16.6. The molecule has 106 valence electrons. The van der Waals surface area contributed by atoms with Gasteiger partial charge in [-0.25, -0.2) is 4.98 Å². The van der Waals surface area contributed by atoms with Crippen molar-refractivity contribution in [3.8, 4) is 11.9 Å². The second-order valence-corrected chi connectivity index (χ2v) is 5.64. The minimum Gasteiger partial charge on any atom is -0.472 e. The van der Waals surface area contributed by atoms with Crippen LogP contribution in [0.25, 0.3) is 0 Å². The molecule has 3 rings (SSSR count). The fourth-order valence-corrected chi connectivity index (χ4v) is 3.04. The Morgan fingerprint density at radius 1 is 1.45 bits per heavy atom. The van der Waals surface area contributed by atoms with Crippen molar-refractivity contribution in [1.29, 1.82) is 5.26 Å². The van der Waals surface area contributed by atoms with Crippen molar-refractivity contribution >= 4 is 0 Å². The number of pyridine rings is 1. The van der Waals surface area contributed by atoms with E-state index in [2.05, 4.69) is 16.4 Å². The highest BCUT2D eigenvalue weighted by molar-refractivity contribution is 5.34. The third-order valence-corrected chi connectivity index (χ3v) is 4.04.